The third kappa shape index (κ3) is 3.80. The van der Waals surface area contributed by atoms with Crippen molar-refractivity contribution < 1.29 is 0 Å². The number of thiazole rings is 1. The highest BCUT2D eigenvalue weighted by atomic mass is 35.5. The van der Waals surface area contributed by atoms with Crippen molar-refractivity contribution in [2.45, 2.75) is 19.5 Å². The second-order valence-corrected chi connectivity index (χ2v) is 7.65. The van der Waals surface area contributed by atoms with Crippen LogP contribution in [-0.2, 0) is 6.54 Å². The summed E-state index contributed by atoms with van der Waals surface area (Å²) in [4.78, 5) is 4.74. The molecule has 0 bridgehead atoms. The lowest BCUT2D eigenvalue weighted by Crippen LogP contribution is -2.18. The van der Waals surface area contributed by atoms with Crippen LogP contribution in [0.4, 0.5) is 0 Å². The number of rotatable bonds is 5. The lowest BCUT2D eigenvalue weighted by atomic mass is 10.0. The summed E-state index contributed by atoms with van der Waals surface area (Å²) in [7, 11) is 0. The van der Waals surface area contributed by atoms with E-state index in [4.69, 9.17) is 16.6 Å². The fraction of sp³-hybridized carbons (Fsp3) is 0.136. The number of nitrogens with one attached hydrogen (secondary N) is 1. The van der Waals surface area contributed by atoms with Gasteiger partial charge < -0.3 is 5.32 Å². The second-order valence-electron chi connectivity index (χ2n) is 6.36. The van der Waals surface area contributed by atoms with Crippen LogP contribution in [0.2, 0.25) is 5.02 Å². The van der Waals surface area contributed by atoms with Gasteiger partial charge in [-0.1, -0.05) is 60.1 Å². The van der Waals surface area contributed by atoms with Crippen LogP contribution in [-0.4, -0.2) is 4.98 Å². The van der Waals surface area contributed by atoms with Gasteiger partial charge in [-0.3, -0.25) is 0 Å². The molecule has 1 atom stereocenters. The van der Waals surface area contributed by atoms with Gasteiger partial charge in [0.2, 0.25) is 0 Å². The Morgan fingerprint density at radius 2 is 1.77 bits per heavy atom. The van der Waals surface area contributed by atoms with Gasteiger partial charge in [0, 0.05) is 28.6 Å². The van der Waals surface area contributed by atoms with E-state index in [-0.39, 0.29) is 6.04 Å². The molecule has 1 aromatic heterocycles. The van der Waals surface area contributed by atoms with E-state index in [0.29, 0.717) is 0 Å². The average Bonchev–Trinajstić information content (AvgIpc) is 3.15. The Balaban J connectivity index is 1.44. The molecule has 26 heavy (non-hydrogen) atoms. The molecule has 0 aliphatic heterocycles. The first-order valence-electron chi connectivity index (χ1n) is 8.61. The Kier molecular flexibility index (Phi) is 5.02. The van der Waals surface area contributed by atoms with E-state index in [0.717, 1.165) is 27.8 Å². The number of hydrogen-bond donors (Lipinski definition) is 1. The van der Waals surface area contributed by atoms with Crippen LogP contribution < -0.4 is 5.32 Å². The lowest BCUT2D eigenvalue weighted by molar-refractivity contribution is 0.570. The molecule has 4 heteroatoms. The lowest BCUT2D eigenvalue weighted by Gasteiger charge is -2.14. The summed E-state index contributed by atoms with van der Waals surface area (Å²) in [6.45, 7) is 2.94. The molecule has 4 rings (SSSR count). The summed E-state index contributed by atoms with van der Waals surface area (Å²) in [5, 5.41) is 10.0. The number of halogens is 1. The van der Waals surface area contributed by atoms with Gasteiger partial charge in [0.15, 0.2) is 0 Å². The van der Waals surface area contributed by atoms with E-state index in [2.05, 4.69) is 60.1 Å². The average molecular weight is 379 g/mol. The molecule has 0 aliphatic rings. The van der Waals surface area contributed by atoms with E-state index < -0.39 is 0 Å². The zero-order valence-electron chi connectivity index (χ0n) is 14.4. The molecular formula is C22H19ClN2S. The monoisotopic (exact) mass is 378 g/mol. The smallest absolute Gasteiger partial charge is 0.123 e. The van der Waals surface area contributed by atoms with Gasteiger partial charge in [-0.2, -0.15) is 0 Å². The predicted molar refractivity (Wildman–Crippen MR) is 112 cm³/mol. The number of fused-ring (bicyclic) bond motifs is 1. The van der Waals surface area contributed by atoms with Crippen molar-refractivity contribution in [2.75, 3.05) is 0 Å². The van der Waals surface area contributed by atoms with E-state index in [1.807, 2.05) is 24.3 Å². The molecular weight excluding hydrogens is 360 g/mol. The number of nitrogens with zero attached hydrogens (tertiary/aromatic N) is 1. The fourth-order valence-corrected chi connectivity index (χ4v) is 3.92. The van der Waals surface area contributed by atoms with Crippen LogP contribution in [0.1, 0.15) is 24.2 Å². The molecule has 0 aliphatic carbocycles. The highest BCUT2D eigenvalue weighted by Crippen LogP contribution is 2.26. The van der Waals surface area contributed by atoms with Crippen molar-refractivity contribution in [3.63, 3.8) is 0 Å². The Morgan fingerprint density at radius 3 is 2.58 bits per heavy atom. The number of aromatic nitrogens is 1. The zero-order chi connectivity index (χ0) is 17.9. The minimum atomic E-state index is 0.264. The summed E-state index contributed by atoms with van der Waals surface area (Å²) in [5.41, 5.74) is 3.46. The van der Waals surface area contributed by atoms with Crippen molar-refractivity contribution in [2.24, 2.45) is 0 Å². The van der Waals surface area contributed by atoms with Crippen molar-refractivity contribution in [3.05, 3.63) is 88.4 Å². The Bertz CT molecular complexity index is 1020. The summed E-state index contributed by atoms with van der Waals surface area (Å²) in [5.74, 6) is 0. The molecule has 0 amide bonds. The molecule has 4 aromatic rings. The van der Waals surface area contributed by atoms with Crippen LogP contribution in [0, 0.1) is 0 Å². The standard InChI is InChI=1S/C22H19ClN2S/c1-15(18-7-6-16-4-2-3-5-19(16)12-18)24-13-21-14-26-22(25-21)17-8-10-20(23)11-9-17/h2-12,14-15,24H,13H2,1H3/t15-/m1/s1. The maximum Gasteiger partial charge on any atom is 0.123 e. The van der Waals surface area contributed by atoms with Crippen LogP contribution in [0.3, 0.4) is 0 Å². The summed E-state index contributed by atoms with van der Waals surface area (Å²) in [6, 6.07) is 23.2. The summed E-state index contributed by atoms with van der Waals surface area (Å²) < 4.78 is 0. The molecule has 2 nitrogen and oxygen atoms in total. The zero-order valence-corrected chi connectivity index (χ0v) is 16.0. The van der Waals surface area contributed by atoms with Gasteiger partial charge in [0.25, 0.3) is 0 Å². The molecule has 1 N–H and O–H groups in total. The molecule has 0 radical (unpaired) electrons. The van der Waals surface area contributed by atoms with E-state index in [1.165, 1.54) is 16.3 Å². The maximum atomic E-state index is 5.96. The minimum Gasteiger partial charge on any atom is -0.305 e. The largest absolute Gasteiger partial charge is 0.305 e. The first-order valence-corrected chi connectivity index (χ1v) is 9.87. The molecule has 1 heterocycles. The van der Waals surface area contributed by atoms with Crippen molar-refractivity contribution in [1.82, 2.24) is 10.3 Å². The number of hydrogen-bond acceptors (Lipinski definition) is 3. The Hall–Kier alpha value is -2.20. The SMILES string of the molecule is C[C@@H](NCc1csc(-c2ccc(Cl)cc2)n1)c1ccc2ccccc2c1. The first-order chi connectivity index (χ1) is 12.7. The van der Waals surface area contributed by atoms with Gasteiger partial charge in [0.1, 0.15) is 5.01 Å². The third-order valence-corrected chi connectivity index (χ3v) is 5.70. The van der Waals surface area contributed by atoms with Crippen LogP contribution in [0.25, 0.3) is 21.3 Å². The van der Waals surface area contributed by atoms with Crippen molar-refractivity contribution >= 4 is 33.7 Å². The van der Waals surface area contributed by atoms with Crippen molar-refractivity contribution in [3.8, 4) is 10.6 Å². The molecule has 130 valence electrons. The Morgan fingerprint density at radius 1 is 1.00 bits per heavy atom. The van der Waals surface area contributed by atoms with Crippen LogP contribution >= 0.6 is 22.9 Å². The van der Waals surface area contributed by atoms with Crippen LogP contribution in [0.5, 0.6) is 0 Å². The van der Waals surface area contributed by atoms with Gasteiger partial charge >= 0.3 is 0 Å². The van der Waals surface area contributed by atoms with Gasteiger partial charge in [-0.15, -0.1) is 11.3 Å². The van der Waals surface area contributed by atoms with E-state index in [1.54, 1.807) is 11.3 Å². The third-order valence-electron chi connectivity index (χ3n) is 4.51. The first kappa shape index (κ1) is 17.2. The van der Waals surface area contributed by atoms with Gasteiger partial charge in [-0.25, -0.2) is 4.98 Å². The second kappa shape index (κ2) is 7.58. The molecule has 0 saturated heterocycles. The fourth-order valence-electron chi connectivity index (χ4n) is 2.97. The normalized spacial score (nSPS) is 12.4. The molecule has 0 spiro atoms. The molecule has 0 unspecified atom stereocenters. The molecule has 0 saturated carbocycles. The quantitative estimate of drug-likeness (QED) is 0.430. The summed E-state index contributed by atoms with van der Waals surface area (Å²) in [6.07, 6.45) is 0. The highest BCUT2D eigenvalue weighted by molar-refractivity contribution is 7.13. The Labute approximate surface area is 162 Å². The minimum absolute atomic E-state index is 0.264. The topological polar surface area (TPSA) is 24.9 Å². The van der Waals surface area contributed by atoms with Crippen LogP contribution in [0.15, 0.2) is 72.1 Å². The summed E-state index contributed by atoms with van der Waals surface area (Å²) >= 11 is 7.62. The van der Waals surface area contributed by atoms with Gasteiger partial charge in [0.05, 0.1) is 5.69 Å². The van der Waals surface area contributed by atoms with E-state index in [9.17, 15) is 0 Å². The maximum absolute atomic E-state index is 5.96. The van der Waals surface area contributed by atoms with E-state index >= 15 is 0 Å². The molecule has 0 fully saturated rings. The highest BCUT2D eigenvalue weighted by Gasteiger charge is 2.09. The predicted octanol–water partition coefficient (Wildman–Crippen LogP) is 6.47. The van der Waals surface area contributed by atoms with Gasteiger partial charge in [-0.05, 0) is 41.5 Å². The number of benzene rings is 3. The molecule has 3 aromatic carbocycles. The van der Waals surface area contributed by atoms with Crippen molar-refractivity contribution in [1.29, 1.82) is 0 Å².